The van der Waals surface area contributed by atoms with Gasteiger partial charge in [0.15, 0.2) is 0 Å². The lowest BCUT2D eigenvalue weighted by Crippen LogP contribution is -2.40. The summed E-state index contributed by atoms with van der Waals surface area (Å²) >= 11 is 3.37. The fraction of sp³-hybridized carbons (Fsp3) is 0.0588. The van der Waals surface area contributed by atoms with Crippen LogP contribution in [0.3, 0.4) is 0 Å². The molecular weight excluding hydrogens is 344 g/mol. The van der Waals surface area contributed by atoms with Crippen molar-refractivity contribution in [1.82, 2.24) is 10.9 Å². The number of halogens is 1. The summed E-state index contributed by atoms with van der Waals surface area (Å²) < 4.78 is 0.843. The largest absolute Gasteiger partial charge is 0.269 e. The molecule has 2 rings (SSSR count). The summed E-state index contributed by atoms with van der Waals surface area (Å²) in [6.07, 6.45) is 3.03. The molecule has 2 aromatic carbocycles. The lowest BCUT2D eigenvalue weighted by Gasteiger charge is -2.06. The number of hydrogen-bond acceptors (Lipinski definition) is 2. The Hall–Kier alpha value is -2.40. The quantitative estimate of drug-likeness (QED) is 0.653. The van der Waals surface area contributed by atoms with E-state index < -0.39 is 5.91 Å². The number of aryl methyl sites for hydroxylation is 1. The van der Waals surface area contributed by atoms with Crippen molar-refractivity contribution in [3.05, 3.63) is 75.8 Å². The van der Waals surface area contributed by atoms with E-state index in [9.17, 15) is 9.59 Å². The number of carbonyl (C=O) groups is 2. The van der Waals surface area contributed by atoms with Crippen LogP contribution in [0.4, 0.5) is 0 Å². The van der Waals surface area contributed by atoms with Gasteiger partial charge >= 0.3 is 0 Å². The van der Waals surface area contributed by atoms with Gasteiger partial charge in [-0.3, -0.25) is 20.4 Å². The SMILES string of the molecule is Cc1ccc(C(=O)NNC(=O)C=Cc2ccccc2)cc1Br. The van der Waals surface area contributed by atoms with Crippen LogP contribution in [0, 0.1) is 6.92 Å². The Morgan fingerprint density at radius 1 is 1.05 bits per heavy atom. The molecule has 0 fully saturated rings. The molecule has 0 aliphatic carbocycles. The number of hydrogen-bond donors (Lipinski definition) is 2. The minimum atomic E-state index is -0.400. The maximum absolute atomic E-state index is 11.9. The average molecular weight is 359 g/mol. The van der Waals surface area contributed by atoms with E-state index in [-0.39, 0.29) is 5.91 Å². The van der Waals surface area contributed by atoms with Crippen LogP contribution in [0.1, 0.15) is 21.5 Å². The third-order valence-corrected chi connectivity index (χ3v) is 3.81. The normalized spacial score (nSPS) is 10.5. The van der Waals surface area contributed by atoms with Crippen LogP contribution in [-0.4, -0.2) is 11.8 Å². The molecule has 0 aromatic heterocycles. The molecule has 2 aromatic rings. The van der Waals surface area contributed by atoms with Crippen LogP contribution in [0.15, 0.2) is 59.1 Å². The first-order chi connectivity index (χ1) is 10.6. The number of carbonyl (C=O) groups excluding carboxylic acids is 2. The highest BCUT2D eigenvalue weighted by Crippen LogP contribution is 2.17. The Kier molecular flexibility index (Phi) is 5.49. The summed E-state index contributed by atoms with van der Waals surface area (Å²) in [7, 11) is 0. The molecule has 0 aliphatic rings. The van der Waals surface area contributed by atoms with Crippen molar-refractivity contribution >= 4 is 33.8 Å². The molecule has 0 saturated heterocycles. The minimum absolute atomic E-state index is 0.373. The van der Waals surface area contributed by atoms with Crippen molar-refractivity contribution in [2.75, 3.05) is 0 Å². The number of benzene rings is 2. The molecule has 0 saturated carbocycles. The van der Waals surface area contributed by atoms with Gasteiger partial charge in [0, 0.05) is 16.1 Å². The number of rotatable bonds is 3. The van der Waals surface area contributed by atoms with Crippen molar-refractivity contribution in [2.24, 2.45) is 0 Å². The Labute approximate surface area is 137 Å². The van der Waals surface area contributed by atoms with Crippen LogP contribution in [0.2, 0.25) is 0 Å². The van der Waals surface area contributed by atoms with Gasteiger partial charge in [0.05, 0.1) is 0 Å². The molecule has 5 heteroatoms. The van der Waals surface area contributed by atoms with Gasteiger partial charge in [0.2, 0.25) is 0 Å². The Balaban J connectivity index is 1.89. The molecule has 2 N–H and O–H groups in total. The van der Waals surface area contributed by atoms with E-state index >= 15 is 0 Å². The van der Waals surface area contributed by atoms with Gasteiger partial charge in [-0.25, -0.2) is 0 Å². The molecule has 2 amide bonds. The van der Waals surface area contributed by atoms with E-state index in [1.807, 2.05) is 43.3 Å². The molecule has 0 heterocycles. The molecule has 0 bridgehead atoms. The van der Waals surface area contributed by atoms with Crippen LogP contribution < -0.4 is 10.9 Å². The first-order valence-electron chi connectivity index (χ1n) is 6.66. The van der Waals surface area contributed by atoms with Crippen molar-refractivity contribution < 1.29 is 9.59 Å². The van der Waals surface area contributed by atoms with Gasteiger partial charge in [-0.2, -0.15) is 0 Å². The fourth-order valence-electron chi connectivity index (χ4n) is 1.70. The molecule has 0 spiro atoms. The van der Waals surface area contributed by atoms with Gasteiger partial charge in [0.25, 0.3) is 11.8 Å². The fourth-order valence-corrected chi connectivity index (χ4v) is 2.08. The van der Waals surface area contributed by atoms with Crippen LogP contribution in [-0.2, 0) is 4.79 Å². The third kappa shape index (κ3) is 4.56. The van der Waals surface area contributed by atoms with Gasteiger partial charge in [0.1, 0.15) is 0 Å². The predicted octanol–water partition coefficient (Wildman–Crippen LogP) is 3.23. The Morgan fingerprint density at radius 3 is 2.45 bits per heavy atom. The maximum atomic E-state index is 11.9. The summed E-state index contributed by atoms with van der Waals surface area (Å²) in [5, 5.41) is 0. The lowest BCUT2D eigenvalue weighted by molar-refractivity contribution is -0.117. The van der Waals surface area contributed by atoms with Crippen molar-refractivity contribution in [2.45, 2.75) is 6.92 Å². The smallest absolute Gasteiger partial charge is 0.268 e. The summed E-state index contributed by atoms with van der Waals surface area (Å²) in [4.78, 5) is 23.6. The summed E-state index contributed by atoms with van der Waals surface area (Å²) in [6.45, 7) is 1.93. The Bertz CT molecular complexity index is 712. The zero-order valence-electron chi connectivity index (χ0n) is 12.0. The second-order valence-electron chi connectivity index (χ2n) is 4.65. The Morgan fingerprint density at radius 2 is 1.77 bits per heavy atom. The van der Waals surface area contributed by atoms with E-state index in [1.165, 1.54) is 6.08 Å². The molecule has 0 atom stereocenters. The standard InChI is InChI=1S/C17H15BrN2O2/c1-12-7-9-14(11-15(12)18)17(22)20-19-16(21)10-8-13-5-3-2-4-6-13/h2-11H,1H3,(H,19,21)(H,20,22). The zero-order chi connectivity index (χ0) is 15.9. The van der Waals surface area contributed by atoms with Gasteiger partial charge in [-0.1, -0.05) is 52.3 Å². The number of nitrogens with one attached hydrogen (secondary N) is 2. The van der Waals surface area contributed by atoms with Crippen molar-refractivity contribution in [3.63, 3.8) is 0 Å². The monoisotopic (exact) mass is 358 g/mol. The summed E-state index contributed by atoms with van der Waals surface area (Å²) in [5.41, 5.74) is 7.12. The topological polar surface area (TPSA) is 58.2 Å². The predicted molar refractivity (Wildman–Crippen MR) is 90.0 cm³/mol. The van der Waals surface area contributed by atoms with Gasteiger partial charge in [-0.05, 0) is 36.3 Å². The van der Waals surface area contributed by atoms with E-state index in [4.69, 9.17) is 0 Å². The second kappa shape index (κ2) is 7.56. The molecular formula is C17H15BrN2O2. The maximum Gasteiger partial charge on any atom is 0.269 e. The molecule has 0 aliphatic heterocycles. The van der Waals surface area contributed by atoms with Crippen LogP contribution >= 0.6 is 15.9 Å². The summed E-state index contributed by atoms with van der Waals surface area (Å²) in [6, 6.07) is 14.7. The molecule has 22 heavy (non-hydrogen) atoms. The first kappa shape index (κ1) is 16.0. The zero-order valence-corrected chi connectivity index (χ0v) is 13.6. The minimum Gasteiger partial charge on any atom is -0.268 e. The lowest BCUT2D eigenvalue weighted by atomic mass is 10.1. The van der Waals surface area contributed by atoms with E-state index in [0.29, 0.717) is 5.56 Å². The summed E-state index contributed by atoms with van der Waals surface area (Å²) in [5.74, 6) is -0.773. The second-order valence-corrected chi connectivity index (χ2v) is 5.51. The van der Waals surface area contributed by atoms with Crippen molar-refractivity contribution in [1.29, 1.82) is 0 Å². The van der Waals surface area contributed by atoms with Crippen molar-refractivity contribution in [3.8, 4) is 0 Å². The van der Waals surface area contributed by atoms with Crippen LogP contribution in [0.5, 0.6) is 0 Å². The van der Waals surface area contributed by atoms with Gasteiger partial charge in [-0.15, -0.1) is 0 Å². The molecule has 4 nitrogen and oxygen atoms in total. The molecule has 0 unspecified atom stereocenters. The average Bonchev–Trinajstić information content (AvgIpc) is 2.54. The van der Waals surface area contributed by atoms with Gasteiger partial charge < -0.3 is 0 Å². The number of hydrazine groups is 1. The highest BCUT2D eigenvalue weighted by atomic mass is 79.9. The third-order valence-electron chi connectivity index (χ3n) is 2.96. The highest BCUT2D eigenvalue weighted by Gasteiger charge is 2.07. The number of amides is 2. The van der Waals surface area contributed by atoms with E-state index in [0.717, 1.165) is 15.6 Å². The highest BCUT2D eigenvalue weighted by molar-refractivity contribution is 9.10. The van der Waals surface area contributed by atoms with E-state index in [2.05, 4.69) is 26.8 Å². The van der Waals surface area contributed by atoms with Crippen LogP contribution in [0.25, 0.3) is 6.08 Å². The first-order valence-corrected chi connectivity index (χ1v) is 7.45. The van der Waals surface area contributed by atoms with E-state index in [1.54, 1.807) is 18.2 Å². The molecule has 112 valence electrons. The molecule has 0 radical (unpaired) electrons.